The summed E-state index contributed by atoms with van der Waals surface area (Å²) in [5.74, 6) is -1.61. The van der Waals surface area contributed by atoms with E-state index in [0.717, 1.165) is 0 Å². The van der Waals surface area contributed by atoms with Crippen molar-refractivity contribution in [2.45, 2.75) is 44.8 Å². The van der Waals surface area contributed by atoms with Gasteiger partial charge in [0.2, 0.25) is 0 Å². The van der Waals surface area contributed by atoms with Gasteiger partial charge in [-0.05, 0) is 18.8 Å². The molecule has 3 N–H and O–H groups in total. The second kappa shape index (κ2) is 7.56. The van der Waals surface area contributed by atoms with Crippen molar-refractivity contribution in [3.05, 3.63) is 0 Å². The Labute approximate surface area is 118 Å². The summed E-state index contributed by atoms with van der Waals surface area (Å²) >= 11 is 0. The fraction of sp³-hybridized carbons (Fsp3) is 0.846. The molecular formula is C13H23NO6. The molecule has 2 atom stereocenters. The molecule has 7 heteroatoms. The molecule has 0 amide bonds. The minimum atomic E-state index is -1.07. The van der Waals surface area contributed by atoms with E-state index in [1.54, 1.807) is 6.92 Å². The highest BCUT2D eigenvalue weighted by molar-refractivity contribution is 5.73. The van der Waals surface area contributed by atoms with E-state index >= 15 is 0 Å². The highest BCUT2D eigenvalue weighted by Gasteiger charge is 2.36. The monoisotopic (exact) mass is 289 g/mol. The molecule has 20 heavy (non-hydrogen) atoms. The molecule has 1 aliphatic rings. The average molecular weight is 289 g/mol. The molecule has 0 saturated carbocycles. The maximum atomic E-state index is 11.9. The molecule has 1 rings (SSSR count). The number of hydrogen-bond donors (Lipinski definition) is 2. The molecule has 7 nitrogen and oxygen atoms in total. The van der Waals surface area contributed by atoms with Crippen LogP contribution in [0.3, 0.4) is 0 Å². The van der Waals surface area contributed by atoms with Gasteiger partial charge in [0.05, 0.1) is 13.2 Å². The van der Waals surface area contributed by atoms with Gasteiger partial charge < -0.3 is 25.1 Å². The van der Waals surface area contributed by atoms with E-state index in [2.05, 4.69) is 0 Å². The topological polar surface area (TPSA) is 108 Å². The smallest absolute Gasteiger partial charge is 0.320 e. The zero-order chi connectivity index (χ0) is 15.2. The Hall–Kier alpha value is -1.18. The molecule has 0 aromatic heterocycles. The molecule has 0 aliphatic carbocycles. The number of carbonyl (C=O) groups excluding carboxylic acids is 1. The SMILES string of the molecule is CCC1(OC(=O)CC(C)C[C@H](N)C(=O)O)COCOC1. The van der Waals surface area contributed by atoms with E-state index in [1.807, 2.05) is 6.92 Å². The van der Waals surface area contributed by atoms with E-state index in [0.29, 0.717) is 19.6 Å². The van der Waals surface area contributed by atoms with Gasteiger partial charge in [-0.25, -0.2) is 0 Å². The second-order valence-electron chi connectivity index (χ2n) is 5.32. The van der Waals surface area contributed by atoms with Gasteiger partial charge in [0.1, 0.15) is 12.8 Å². The highest BCUT2D eigenvalue weighted by Crippen LogP contribution is 2.23. The molecule has 1 aliphatic heterocycles. The number of carboxylic acid groups (broad SMARTS) is 1. The van der Waals surface area contributed by atoms with Crippen LogP contribution < -0.4 is 5.73 Å². The quantitative estimate of drug-likeness (QED) is 0.657. The molecule has 0 aromatic carbocycles. The van der Waals surface area contributed by atoms with Crippen LogP contribution in [0.25, 0.3) is 0 Å². The van der Waals surface area contributed by atoms with E-state index in [9.17, 15) is 9.59 Å². The van der Waals surface area contributed by atoms with Crippen molar-refractivity contribution in [2.75, 3.05) is 20.0 Å². The maximum absolute atomic E-state index is 11.9. The first kappa shape index (κ1) is 16.9. The number of carboxylic acids is 1. The zero-order valence-corrected chi connectivity index (χ0v) is 12.0. The van der Waals surface area contributed by atoms with Crippen molar-refractivity contribution in [3.8, 4) is 0 Å². The van der Waals surface area contributed by atoms with Gasteiger partial charge in [-0.2, -0.15) is 0 Å². The second-order valence-corrected chi connectivity index (χ2v) is 5.32. The summed E-state index contributed by atoms with van der Waals surface area (Å²) in [6, 6.07) is -0.959. The molecule has 1 unspecified atom stereocenters. The van der Waals surface area contributed by atoms with Crippen LogP contribution in [0, 0.1) is 5.92 Å². The summed E-state index contributed by atoms with van der Waals surface area (Å²) in [6.07, 6.45) is 0.959. The van der Waals surface area contributed by atoms with Crippen LogP contribution in [0.2, 0.25) is 0 Å². The Kier molecular flexibility index (Phi) is 6.38. The summed E-state index contributed by atoms with van der Waals surface area (Å²) in [4.78, 5) is 22.6. The summed E-state index contributed by atoms with van der Waals surface area (Å²) in [6.45, 7) is 4.52. The lowest BCUT2D eigenvalue weighted by atomic mass is 9.98. The molecule has 1 heterocycles. The maximum Gasteiger partial charge on any atom is 0.320 e. The molecule has 0 aromatic rings. The van der Waals surface area contributed by atoms with Crippen molar-refractivity contribution in [3.63, 3.8) is 0 Å². The number of esters is 1. The Bertz CT molecular complexity index is 340. The first-order valence-electron chi connectivity index (χ1n) is 6.74. The molecule has 1 saturated heterocycles. The summed E-state index contributed by atoms with van der Waals surface area (Å²) in [7, 11) is 0. The third kappa shape index (κ3) is 5.07. The lowest BCUT2D eigenvalue weighted by molar-refractivity contribution is -0.221. The largest absolute Gasteiger partial charge is 0.480 e. The van der Waals surface area contributed by atoms with Crippen LogP contribution in [0.4, 0.5) is 0 Å². The lowest BCUT2D eigenvalue weighted by Crippen LogP contribution is -2.47. The number of hydrogen-bond acceptors (Lipinski definition) is 6. The number of nitrogens with two attached hydrogens (primary N) is 1. The van der Waals surface area contributed by atoms with Crippen molar-refractivity contribution in [2.24, 2.45) is 11.7 Å². The number of ether oxygens (including phenoxy) is 3. The molecule has 0 bridgehead atoms. The fourth-order valence-corrected chi connectivity index (χ4v) is 2.08. The molecular weight excluding hydrogens is 266 g/mol. The van der Waals surface area contributed by atoms with Gasteiger partial charge in [-0.3, -0.25) is 9.59 Å². The van der Waals surface area contributed by atoms with E-state index in [-0.39, 0.29) is 31.5 Å². The van der Waals surface area contributed by atoms with Crippen LogP contribution in [-0.4, -0.2) is 48.7 Å². The average Bonchev–Trinajstić information content (AvgIpc) is 2.39. The van der Waals surface area contributed by atoms with Crippen molar-refractivity contribution in [1.82, 2.24) is 0 Å². The standard InChI is InChI=1S/C13H23NO6/c1-3-13(6-18-8-19-7-13)20-11(15)5-9(2)4-10(14)12(16)17/h9-10H,3-8,14H2,1-2H3,(H,16,17)/t9?,10-/m0/s1. The van der Waals surface area contributed by atoms with Gasteiger partial charge in [-0.15, -0.1) is 0 Å². The minimum Gasteiger partial charge on any atom is -0.480 e. The van der Waals surface area contributed by atoms with Crippen LogP contribution in [-0.2, 0) is 23.8 Å². The Balaban J connectivity index is 2.43. The van der Waals surface area contributed by atoms with Crippen molar-refractivity contribution < 1.29 is 28.9 Å². The Morgan fingerprint density at radius 1 is 1.40 bits per heavy atom. The van der Waals surface area contributed by atoms with Crippen molar-refractivity contribution >= 4 is 11.9 Å². The zero-order valence-electron chi connectivity index (χ0n) is 12.0. The number of rotatable bonds is 7. The third-order valence-corrected chi connectivity index (χ3v) is 3.36. The number of aliphatic carboxylic acids is 1. The van der Waals surface area contributed by atoms with Crippen molar-refractivity contribution in [1.29, 1.82) is 0 Å². The molecule has 0 spiro atoms. The Morgan fingerprint density at radius 3 is 2.50 bits per heavy atom. The normalized spacial score (nSPS) is 20.9. The first-order valence-corrected chi connectivity index (χ1v) is 6.74. The molecule has 0 radical (unpaired) electrons. The molecule has 1 fully saturated rings. The lowest BCUT2D eigenvalue weighted by Gasteiger charge is -2.35. The predicted octanol–water partition coefficient (Wildman–Crippen LogP) is 0.511. The van der Waals surface area contributed by atoms with Gasteiger partial charge in [0.15, 0.2) is 5.60 Å². The minimum absolute atomic E-state index is 0.128. The van der Waals surface area contributed by atoms with E-state index < -0.39 is 17.6 Å². The van der Waals surface area contributed by atoms with E-state index in [4.69, 9.17) is 25.1 Å². The summed E-state index contributed by atoms with van der Waals surface area (Å²) in [5, 5.41) is 8.73. The van der Waals surface area contributed by atoms with E-state index in [1.165, 1.54) is 0 Å². The highest BCUT2D eigenvalue weighted by atomic mass is 16.7. The predicted molar refractivity (Wildman–Crippen MR) is 69.9 cm³/mol. The Morgan fingerprint density at radius 2 is 2.00 bits per heavy atom. The third-order valence-electron chi connectivity index (χ3n) is 3.36. The summed E-state index contributed by atoms with van der Waals surface area (Å²) in [5.41, 5.74) is 4.71. The van der Waals surface area contributed by atoms with Gasteiger partial charge in [0.25, 0.3) is 0 Å². The van der Waals surface area contributed by atoms with Crippen LogP contribution >= 0.6 is 0 Å². The first-order chi connectivity index (χ1) is 9.38. The van der Waals surface area contributed by atoms with Crippen LogP contribution in [0.5, 0.6) is 0 Å². The summed E-state index contributed by atoms with van der Waals surface area (Å²) < 4.78 is 15.8. The van der Waals surface area contributed by atoms with Crippen LogP contribution in [0.15, 0.2) is 0 Å². The van der Waals surface area contributed by atoms with Gasteiger partial charge >= 0.3 is 11.9 Å². The van der Waals surface area contributed by atoms with Gasteiger partial charge in [0, 0.05) is 6.42 Å². The fourth-order valence-electron chi connectivity index (χ4n) is 2.08. The number of carbonyl (C=O) groups is 2. The molecule has 116 valence electrons. The van der Waals surface area contributed by atoms with Crippen LogP contribution in [0.1, 0.15) is 33.1 Å². The van der Waals surface area contributed by atoms with Gasteiger partial charge in [-0.1, -0.05) is 13.8 Å².